The van der Waals surface area contributed by atoms with E-state index < -0.39 is 6.09 Å². The molecule has 0 aliphatic carbocycles. The largest absolute Gasteiger partial charge is 0.450 e. The van der Waals surface area contributed by atoms with Gasteiger partial charge < -0.3 is 15.0 Å². The van der Waals surface area contributed by atoms with Crippen molar-refractivity contribution in [2.24, 2.45) is 5.92 Å². The van der Waals surface area contributed by atoms with Gasteiger partial charge in [-0.05, 0) is 49.9 Å². The minimum absolute atomic E-state index is 0.0716. The van der Waals surface area contributed by atoms with Crippen LogP contribution in [0.2, 0.25) is 0 Å². The third-order valence-corrected chi connectivity index (χ3v) is 3.60. The molecule has 1 aromatic carbocycles. The summed E-state index contributed by atoms with van der Waals surface area (Å²) >= 11 is 0. The minimum atomic E-state index is -0.485. The number of carbonyl (C=O) groups is 2. The van der Waals surface area contributed by atoms with E-state index >= 15 is 0 Å². The van der Waals surface area contributed by atoms with Gasteiger partial charge in [0.1, 0.15) is 0 Å². The number of urea groups is 1. The maximum Gasteiger partial charge on any atom is 0.411 e. The second-order valence-electron chi connectivity index (χ2n) is 5.55. The van der Waals surface area contributed by atoms with Gasteiger partial charge in [0.2, 0.25) is 0 Å². The van der Waals surface area contributed by atoms with Crippen LogP contribution < -0.4 is 10.6 Å². The Hall–Kier alpha value is -2.24. The molecule has 0 aromatic heterocycles. The van der Waals surface area contributed by atoms with Gasteiger partial charge in [0, 0.05) is 24.5 Å². The molecular weight excluding hydrogens is 282 g/mol. The number of anilines is 2. The molecular formula is C16H23N3O3. The number of ether oxygens (including phenoxy) is 1. The van der Waals surface area contributed by atoms with E-state index in [2.05, 4.69) is 17.6 Å². The van der Waals surface area contributed by atoms with E-state index in [1.807, 2.05) is 4.90 Å². The fourth-order valence-electron chi connectivity index (χ4n) is 2.50. The number of hydrogen-bond acceptors (Lipinski definition) is 3. The molecule has 6 heteroatoms. The fraction of sp³-hybridized carbons (Fsp3) is 0.500. The second kappa shape index (κ2) is 7.68. The Balaban J connectivity index is 1.87. The molecule has 1 heterocycles. The lowest BCUT2D eigenvalue weighted by molar-refractivity contribution is 0.168. The lowest BCUT2D eigenvalue weighted by Crippen LogP contribution is -2.41. The number of rotatable bonds is 3. The van der Waals surface area contributed by atoms with Crippen LogP contribution in [-0.4, -0.2) is 36.7 Å². The molecule has 2 N–H and O–H groups in total. The Kier molecular flexibility index (Phi) is 5.63. The van der Waals surface area contributed by atoms with Crippen molar-refractivity contribution < 1.29 is 14.3 Å². The van der Waals surface area contributed by atoms with Crippen molar-refractivity contribution in [3.8, 4) is 0 Å². The number of benzene rings is 1. The van der Waals surface area contributed by atoms with Crippen molar-refractivity contribution in [1.82, 2.24) is 4.90 Å². The Labute approximate surface area is 130 Å². The summed E-state index contributed by atoms with van der Waals surface area (Å²) in [5.41, 5.74) is 1.33. The van der Waals surface area contributed by atoms with Crippen LogP contribution in [0.5, 0.6) is 0 Å². The van der Waals surface area contributed by atoms with Crippen LogP contribution in [0.3, 0.4) is 0 Å². The average molecular weight is 305 g/mol. The maximum absolute atomic E-state index is 12.2. The molecule has 1 fully saturated rings. The quantitative estimate of drug-likeness (QED) is 0.897. The van der Waals surface area contributed by atoms with E-state index in [1.165, 1.54) is 6.42 Å². The molecule has 3 amide bonds. The third-order valence-electron chi connectivity index (χ3n) is 3.60. The first-order valence-electron chi connectivity index (χ1n) is 7.68. The van der Waals surface area contributed by atoms with Gasteiger partial charge in [-0.15, -0.1) is 0 Å². The second-order valence-corrected chi connectivity index (χ2v) is 5.55. The number of piperidine rings is 1. The fourth-order valence-corrected chi connectivity index (χ4v) is 2.50. The van der Waals surface area contributed by atoms with Crippen LogP contribution >= 0.6 is 0 Å². The van der Waals surface area contributed by atoms with Gasteiger partial charge in [-0.1, -0.05) is 6.92 Å². The van der Waals surface area contributed by atoms with Crippen LogP contribution in [-0.2, 0) is 4.74 Å². The van der Waals surface area contributed by atoms with E-state index in [4.69, 9.17) is 4.74 Å². The monoisotopic (exact) mass is 305 g/mol. The molecule has 2 rings (SSSR count). The highest BCUT2D eigenvalue weighted by atomic mass is 16.5. The first-order chi connectivity index (χ1) is 10.6. The Morgan fingerprint density at radius 2 is 1.86 bits per heavy atom. The number of likely N-dealkylation sites (tertiary alicyclic amines) is 1. The molecule has 22 heavy (non-hydrogen) atoms. The lowest BCUT2D eigenvalue weighted by atomic mass is 10.0. The average Bonchev–Trinajstić information content (AvgIpc) is 2.49. The van der Waals surface area contributed by atoms with Crippen LogP contribution in [0.15, 0.2) is 24.3 Å². The van der Waals surface area contributed by atoms with Gasteiger partial charge in [0.05, 0.1) is 6.61 Å². The topological polar surface area (TPSA) is 70.7 Å². The van der Waals surface area contributed by atoms with Crippen molar-refractivity contribution in [3.05, 3.63) is 24.3 Å². The molecule has 0 radical (unpaired) electrons. The molecule has 0 bridgehead atoms. The number of amides is 3. The number of hydrogen-bond donors (Lipinski definition) is 2. The normalized spacial score (nSPS) is 17.7. The highest BCUT2D eigenvalue weighted by Gasteiger charge is 2.20. The van der Waals surface area contributed by atoms with E-state index in [1.54, 1.807) is 31.2 Å². The van der Waals surface area contributed by atoms with E-state index in [0.29, 0.717) is 23.9 Å². The van der Waals surface area contributed by atoms with Crippen LogP contribution in [0.25, 0.3) is 0 Å². The van der Waals surface area contributed by atoms with E-state index in [0.717, 1.165) is 19.5 Å². The zero-order valence-electron chi connectivity index (χ0n) is 13.1. The number of carbonyl (C=O) groups excluding carboxylic acids is 2. The molecule has 6 nitrogen and oxygen atoms in total. The number of nitrogens with zero attached hydrogens (tertiary/aromatic N) is 1. The van der Waals surface area contributed by atoms with Crippen molar-refractivity contribution in [1.29, 1.82) is 0 Å². The Morgan fingerprint density at radius 1 is 1.23 bits per heavy atom. The molecule has 1 atom stereocenters. The highest BCUT2D eigenvalue weighted by Crippen LogP contribution is 2.18. The van der Waals surface area contributed by atoms with Gasteiger partial charge in [-0.2, -0.15) is 0 Å². The summed E-state index contributed by atoms with van der Waals surface area (Å²) in [5, 5.41) is 5.49. The van der Waals surface area contributed by atoms with Gasteiger partial charge in [0.15, 0.2) is 0 Å². The minimum Gasteiger partial charge on any atom is -0.450 e. The summed E-state index contributed by atoms with van der Waals surface area (Å²) in [5.74, 6) is 0.552. The SMILES string of the molecule is CCOC(=O)Nc1ccc(NC(=O)N2CCC[C@H](C)C2)cc1. The molecule has 1 saturated heterocycles. The summed E-state index contributed by atoms with van der Waals surface area (Å²) in [6.07, 6.45) is 1.75. The molecule has 0 unspecified atom stereocenters. The molecule has 0 saturated carbocycles. The summed E-state index contributed by atoms with van der Waals surface area (Å²) in [6.45, 7) is 5.84. The Morgan fingerprint density at radius 3 is 2.45 bits per heavy atom. The van der Waals surface area contributed by atoms with Crippen LogP contribution in [0.4, 0.5) is 21.0 Å². The molecule has 1 aliphatic rings. The summed E-state index contributed by atoms with van der Waals surface area (Å²) < 4.78 is 4.80. The van der Waals surface area contributed by atoms with Crippen LogP contribution in [0.1, 0.15) is 26.7 Å². The van der Waals surface area contributed by atoms with Crippen molar-refractivity contribution >= 4 is 23.5 Å². The van der Waals surface area contributed by atoms with Crippen molar-refractivity contribution in [2.45, 2.75) is 26.7 Å². The summed E-state index contributed by atoms with van der Waals surface area (Å²) in [6, 6.07) is 6.90. The van der Waals surface area contributed by atoms with Gasteiger partial charge in [0.25, 0.3) is 0 Å². The smallest absolute Gasteiger partial charge is 0.411 e. The van der Waals surface area contributed by atoms with E-state index in [-0.39, 0.29) is 6.03 Å². The molecule has 1 aliphatic heterocycles. The zero-order valence-corrected chi connectivity index (χ0v) is 13.1. The zero-order chi connectivity index (χ0) is 15.9. The summed E-state index contributed by atoms with van der Waals surface area (Å²) in [4.78, 5) is 25.3. The van der Waals surface area contributed by atoms with Gasteiger partial charge in [-0.25, -0.2) is 9.59 Å². The lowest BCUT2D eigenvalue weighted by Gasteiger charge is -2.30. The van der Waals surface area contributed by atoms with E-state index in [9.17, 15) is 9.59 Å². The van der Waals surface area contributed by atoms with Crippen LogP contribution in [0, 0.1) is 5.92 Å². The van der Waals surface area contributed by atoms with Gasteiger partial charge in [-0.3, -0.25) is 5.32 Å². The van der Waals surface area contributed by atoms with Crippen molar-refractivity contribution in [3.63, 3.8) is 0 Å². The molecule has 0 spiro atoms. The Bertz CT molecular complexity index is 516. The third kappa shape index (κ3) is 4.65. The van der Waals surface area contributed by atoms with Gasteiger partial charge >= 0.3 is 12.1 Å². The molecule has 120 valence electrons. The predicted octanol–water partition coefficient (Wildman–Crippen LogP) is 3.52. The first kappa shape index (κ1) is 16.1. The summed E-state index contributed by atoms with van der Waals surface area (Å²) in [7, 11) is 0. The first-order valence-corrected chi connectivity index (χ1v) is 7.68. The maximum atomic E-state index is 12.2. The van der Waals surface area contributed by atoms with Crippen molar-refractivity contribution in [2.75, 3.05) is 30.3 Å². The predicted molar refractivity (Wildman–Crippen MR) is 86.1 cm³/mol. The highest BCUT2D eigenvalue weighted by molar-refractivity contribution is 5.90. The number of nitrogens with one attached hydrogen (secondary N) is 2. The molecule has 1 aromatic rings. The standard InChI is InChI=1S/C16H23N3O3/c1-3-22-16(21)18-14-8-6-13(7-9-14)17-15(20)19-10-4-5-12(2)11-19/h6-9,12H,3-5,10-11H2,1-2H3,(H,17,20)(H,18,21)/t12-/m0/s1.